The summed E-state index contributed by atoms with van der Waals surface area (Å²) in [4.78, 5) is 4.09. The maximum Gasteiger partial charge on any atom is 0.0300 e. The standard InChI is InChI=1S/C16H18N2/c1-13(15-6-4-3-5-7-15)11-18-12-16-8-9-17-10-14(16)2/h3-10,18H,1,11-12H2,2H3. The number of nitrogens with one attached hydrogen (secondary N) is 1. The van der Waals surface area contributed by atoms with E-state index in [1.54, 1.807) is 0 Å². The van der Waals surface area contributed by atoms with Gasteiger partial charge in [0.25, 0.3) is 0 Å². The van der Waals surface area contributed by atoms with Crippen LogP contribution in [0.3, 0.4) is 0 Å². The molecule has 1 N–H and O–H groups in total. The van der Waals surface area contributed by atoms with Crippen molar-refractivity contribution in [1.82, 2.24) is 10.3 Å². The van der Waals surface area contributed by atoms with Gasteiger partial charge in [0.15, 0.2) is 0 Å². The molecule has 0 bridgehead atoms. The van der Waals surface area contributed by atoms with Crippen molar-refractivity contribution in [2.24, 2.45) is 0 Å². The van der Waals surface area contributed by atoms with E-state index < -0.39 is 0 Å². The van der Waals surface area contributed by atoms with Crippen LogP contribution in [0, 0.1) is 6.92 Å². The third kappa shape index (κ3) is 3.28. The Morgan fingerprint density at radius 3 is 2.72 bits per heavy atom. The van der Waals surface area contributed by atoms with Crippen LogP contribution >= 0.6 is 0 Å². The van der Waals surface area contributed by atoms with E-state index in [2.05, 4.69) is 35.9 Å². The van der Waals surface area contributed by atoms with E-state index in [1.807, 2.05) is 36.7 Å². The number of aromatic nitrogens is 1. The largest absolute Gasteiger partial charge is 0.309 e. The van der Waals surface area contributed by atoms with Crippen molar-refractivity contribution in [3.05, 3.63) is 72.1 Å². The third-order valence-electron chi connectivity index (χ3n) is 2.97. The fourth-order valence-corrected chi connectivity index (χ4v) is 1.82. The first-order valence-corrected chi connectivity index (χ1v) is 6.11. The average Bonchev–Trinajstić information content (AvgIpc) is 2.42. The fraction of sp³-hybridized carbons (Fsp3) is 0.188. The first-order chi connectivity index (χ1) is 8.77. The normalized spacial score (nSPS) is 10.3. The Kier molecular flexibility index (Phi) is 4.26. The molecule has 0 spiro atoms. The van der Waals surface area contributed by atoms with Gasteiger partial charge in [-0.15, -0.1) is 0 Å². The Morgan fingerprint density at radius 1 is 1.22 bits per heavy atom. The molecule has 92 valence electrons. The van der Waals surface area contributed by atoms with Gasteiger partial charge < -0.3 is 5.32 Å². The molecule has 2 nitrogen and oxygen atoms in total. The van der Waals surface area contributed by atoms with Crippen LogP contribution in [0.5, 0.6) is 0 Å². The number of hydrogen-bond acceptors (Lipinski definition) is 2. The van der Waals surface area contributed by atoms with E-state index in [1.165, 1.54) is 16.7 Å². The summed E-state index contributed by atoms with van der Waals surface area (Å²) in [5, 5.41) is 3.41. The molecular formula is C16H18N2. The first-order valence-electron chi connectivity index (χ1n) is 6.11. The first kappa shape index (κ1) is 12.5. The molecule has 2 rings (SSSR count). The monoisotopic (exact) mass is 238 g/mol. The highest BCUT2D eigenvalue weighted by molar-refractivity contribution is 5.64. The van der Waals surface area contributed by atoms with Crippen LogP contribution in [-0.2, 0) is 6.54 Å². The smallest absolute Gasteiger partial charge is 0.0300 e. The summed E-state index contributed by atoms with van der Waals surface area (Å²) >= 11 is 0. The topological polar surface area (TPSA) is 24.9 Å². The van der Waals surface area contributed by atoms with Crippen molar-refractivity contribution >= 4 is 5.57 Å². The van der Waals surface area contributed by atoms with Gasteiger partial charge in [-0.3, -0.25) is 4.98 Å². The van der Waals surface area contributed by atoms with Crippen LogP contribution < -0.4 is 5.32 Å². The van der Waals surface area contributed by atoms with Gasteiger partial charge in [-0.25, -0.2) is 0 Å². The van der Waals surface area contributed by atoms with Gasteiger partial charge in [0.2, 0.25) is 0 Å². The quantitative estimate of drug-likeness (QED) is 0.865. The summed E-state index contributed by atoms with van der Waals surface area (Å²) in [6.07, 6.45) is 3.72. The predicted molar refractivity (Wildman–Crippen MR) is 76.2 cm³/mol. The summed E-state index contributed by atoms with van der Waals surface area (Å²) in [6.45, 7) is 7.83. The van der Waals surface area contributed by atoms with Gasteiger partial charge in [-0.2, -0.15) is 0 Å². The van der Waals surface area contributed by atoms with Crippen molar-refractivity contribution in [3.8, 4) is 0 Å². The second kappa shape index (κ2) is 6.12. The molecule has 0 aliphatic carbocycles. The van der Waals surface area contributed by atoms with E-state index in [9.17, 15) is 0 Å². The maximum atomic E-state index is 4.10. The predicted octanol–water partition coefficient (Wildman–Crippen LogP) is 3.19. The van der Waals surface area contributed by atoms with E-state index in [4.69, 9.17) is 0 Å². The molecule has 0 aliphatic heterocycles. The molecule has 1 aromatic carbocycles. The SMILES string of the molecule is C=C(CNCc1ccncc1C)c1ccccc1. The molecule has 0 unspecified atom stereocenters. The Hall–Kier alpha value is -1.93. The molecule has 18 heavy (non-hydrogen) atoms. The molecule has 1 heterocycles. The Bertz CT molecular complexity index is 518. The second-order valence-corrected chi connectivity index (χ2v) is 4.38. The van der Waals surface area contributed by atoms with Crippen LogP contribution in [0.4, 0.5) is 0 Å². The number of pyridine rings is 1. The third-order valence-corrected chi connectivity index (χ3v) is 2.97. The fourth-order valence-electron chi connectivity index (χ4n) is 1.82. The molecule has 0 saturated heterocycles. The molecule has 0 saturated carbocycles. The zero-order valence-corrected chi connectivity index (χ0v) is 10.7. The van der Waals surface area contributed by atoms with Crippen LogP contribution in [-0.4, -0.2) is 11.5 Å². The highest BCUT2D eigenvalue weighted by Gasteiger charge is 1.99. The van der Waals surface area contributed by atoms with Crippen LogP contribution in [0.25, 0.3) is 5.57 Å². The molecule has 1 aromatic heterocycles. The number of nitrogens with zero attached hydrogens (tertiary/aromatic N) is 1. The minimum absolute atomic E-state index is 0.797. The van der Waals surface area contributed by atoms with Gasteiger partial charge in [0.1, 0.15) is 0 Å². The number of rotatable bonds is 5. The van der Waals surface area contributed by atoms with Crippen molar-refractivity contribution < 1.29 is 0 Å². The summed E-state index contributed by atoms with van der Waals surface area (Å²) in [5.41, 5.74) is 4.81. The zero-order valence-electron chi connectivity index (χ0n) is 10.7. The van der Waals surface area contributed by atoms with Gasteiger partial charge in [-0.1, -0.05) is 36.9 Å². The van der Waals surface area contributed by atoms with Crippen LogP contribution in [0.1, 0.15) is 16.7 Å². The lowest BCUT2D eigenvalue weighted by Gasteiger charge is -2.09. The van der Waals surface area contributed by atoms with Crippen molar-refractivity contribution in [3.63, 3.8) is 0 Å². The Balaban J connectivity index is 1.86. The molecule has 0 amide bonds. The molecule has 0 radical (unpaired) electrons. The lowest BCUT2D eigenvalue weighted by atomic mass is 10.1. The van der Waals surface area contributed by atoms with Gasteiger partial charge in [0.05, 0.1) is 0 Å². The van der Waals surface area contributed by atoms with E-state index in [-0.39, 0.29) is 0 Å². The summed E-state index contributed by atoms with van der Waals surface area (Å²) in [7, 11) is 0. The average molecular weight is 238 g/mol. The molecular weight excluding hydrogens is 220 g/mol. The molecule has 2 heteroatoms. The highest BCUT2D eigenvalue weighted by atomic mass is 14.8. The second-order valence-electron chi connectivity index (χ2n) is 4.38. The lowest BCUT2D eigenvalue weighted by molar-refractivity contribution is 0.762. The molecule has 0 aliphatic rings. The Labute approximate surface area is 108 Å². The summed E-state index contributed by atoms with van der Waals surface area (Å²) < 4.78 is 0. The molecule has 0 atom stereocenters. The lowest BCUT2D eigenvalue weighted by Crippen LogP contribution is -2.16. The van der Waals surface area contributed by atoms with Gasteiger partial charge in [-0.05, 0) is 35.3 Å². The summed E-state index contributed by atoms with van der Waals surface area (Å²) in [5.74, 6) is 0. The zero-order chi connectivity index (χ0) is 12.8. The van der Waals surface area contributed by atoms with Gasteiger partial charge >= 0.3 is 0 Å². The van der Waals surface area contributed by atoms with Gasteiger partial charge in [0, 0.05) is 25.5 Å². The minimum Gasteiger partial charge on any atom is -0.309 e. The Morgan fingerprint density at radius 2 is 2.00 bits per heavy atom. The number of benzene rings is 1. The number of hydrogen-bond donors (Lipinski definition) is 1. The van der Waals surface area contributed by atoms with Crippen molar-refractivity contribution in [2.75, 3.05) is 6.54 Å². The highest BCUT2D eigenvalue weighted by Crippen LogP contribution is 2.11. The molecule has 2 aromatic rings. The maximum absolute atomic E-state index is 4.10. The molecule has 0 fully saturated rings. The summed E-state index contributed by atoms with van der Waals surface area (Å²) in [6, 6.07) is 12.3. The number of aryl methyl sites for hydroxylation is 1. The van der Waals surface area contributed by atoms with E-state index in [0.29, 0.717) is 0 Å². The minimum atomic E-state index is 0.797. The van der Waals surface area contributed by atoms with Crippen LogP contribution in [0.15, 0.2) is 55.4 Å². The van der Waals surface area contributed by atoms with Crippen molar-refractivity contribution in [1.29, 1.82) is 0 Å². The van der Waals surface area contributed by atoms with E-state index in [0.717, 1.165) is 18.7 Å². The van der Waals surface area contributed by atoms with Crippen LogP contribution in [0.2, 0.25) is 0 Å². The van der Waals surface area contributed by atoms with Crippen molar-refractivity contribution in [2.45, 2.75) is 13.5 Å². The van der Waals surface area contributed by atoms with E-state index >= 15 is 0 Å².